The summed E-state index contributed by atoms with van der Waals surface area (Å²) in [6, 6.07) is 1.85. The highest BCUT2D eigenvalue weighted by molar-refractivity contribution is 9.10. The summed E-state index contributed by atoms with van der Waals surface area (Å²) in [7, 11) is 0. The molecule has 1 atom stereocenters. The number of furan rings is 1. The zero-order chi connectivity index (χ0) is 13.2. The maximum atomic E-state index is 5.75. The van der Waals surface area contributed by atoms with E-state index in [2.05, 4.69) is 36.0 Å². The minimum Gasteiger partial charge on any atom is -0.457 e. The molecule has 19 heavy (non-hydrogen) atoms. The lowest BCUT2D eigenvalue weighted by atomic mass is 9.99. The first-order chi connectivity index (χ1) is 9.28. The molecule has 1 aliphatic rings. The standard InChI is InChI=1S/C12H16BrN5O/c13-10-9(3-5-19-10)11-15-12(17-16-11)18-4-1-2-8(6-14)7-18/h3,5,8H,1-2,4,6-7,14H2,(H,15,16,17). The van der Waals surface area contributed by atoms with Crippen LogP contribution in [0.4, 0.5) is 5.95 Å². The SMILES string of the molecule is NCC1CCCN(c2n[nH]c(-c3ccoc3Br)n2)C1. The molecule has 1 aliphatic heterocycles. The van der Waals surface area contributed by atoms with Crippen LogP contribution in [0, 0.1) is 5.92 Å². The van der Waals surface area contributed by atoms with Crippen LogP contribution in [-0.4, -0.2) is 34.8 Å². The predicted octanol–water partition coefficient (Wildman–Crippen LogP) is 2.00. The lowest BCUT2D eigenvalue weighted by Crippen LogP contribution is -2.38. The van der Waals surface area contributed by atoms with Crippen molar-refractivity contribution in [3.8, 4) is 11.4 Å². The molecule has 3 N–H and O–H groups in total. The summed E-state index contributed by atoms with van der Waals surface area (Å²) in [5.74, 6) is 1.99. The molecule has 1 unspecified atom stereocenters. The van der Waals surface area contributed by atoms with E-state index in [1.165, 1.54) is 6.42 Å². The van der Waals surface area contributed by atoms with Crippen molar-refractivity contribution in [1.82, 2.24) is 15.2 Å². The highest BCUT2D eigenvalue weighted by Gasteiger charge is 2.22. The first-order valence-corrected chi connectivity index (χ1v) is 7.18. The summed E-state index contributed by atoms with van der Waals surface area (Å²) in [5, 5.41) is 7.25. The quantitative estimate of drug-likeness (QED) is 0.901. The molecule has 3 heterocycles. The Morgan fingerprint density at radius 1 is 1.58 bits per heavy atom. The van der Waals surface area contributed by atoms with E-state index in [9.17, 15) is 0 Å². The van der Waals surface area contributed by atoms with Crippen LogP contribution in [0.25, 0.3) is 11.4 Å². The van der Waals surface area contributed by atoms with Crippen molar-refractivity contribution >= 4 is 21.9 Å². The molecule has 0 amide bonds. The molecule has 0 spiro atoms. The number of aromatic amines is 1. The van der Waals surface area contributed by atoms with Gasteiger partial charge in [-0.2, -0.15) is 4.98 Å². The Morgan fingerprint density at radius 2 is 2.47 bits per heavy atom. The molecule has 6 nitrogen and oxygen atoms in total. The maximum Gasteiger partial charge on any atom is 0.245 e. The highest BCUT2D eigenvalue weighted by atomic mass is 79.9. The Kier molecular flexibility index (Phi) is 3.56. The first-order valence-electron chi connectivity index (χ1n) is 6.38. The predicted molar refractivity (Wildman–Crippen MR) is 75.8 cm³/mol. The van der Waals surface area contributed by atoms with Gasteiger partial charge in [0, 0.05) is 13.1 Å². The fourth-order valence-corrected chi connectivity index (χ4v) is 2.84. The average Bonchev–Trinajstić information content (AvgIpc) is 3.07. The zero-order valence-corrected chi connectivity index (χ0v) is 12.1. The molecule has 0 saturated carbocycles. The van der Waals surface area contributed by atoms with Gasteiger partial charge in [0.05, 0.1) is 11.8 Å². The number of aromatic nitrogens is 3. The van der Waals surface area contributed by atoms with Gasteiger partial charge in [-0.1, -0.05) is 0 Å². The van der Waals surface area contributed by atoms with E-state index in [1.54, 1.807) is 6.26 Å². The molecule has 0 radical (unpaired) electrons. The van der Waals surface area contributed by atoms with Crippen LogP contribution in [0.3, 0.4) is 0 Å². The first kappa shape index (κ1) is 12.7. The lowest BCUT2D eigenvalue weighted by Gasteiger charge is -2.31. The number of hydrogen-bond donors (Lipinski definition) is 2. The third-order valence-electron chi connectivity index (χ3n) is 3.48. The maximum absolute atomic E-state index is 5.75. The third-order valence-corrected chi connectivity index (χ3v) is 4.10. The van der Waals surface area contributed by atoms with Crippen molar-refractivity contribution in [1.29, 1.82) is 0 Å². The Labute approximate surface area is 119 Å². The van der Waals surface area contributed by atoms with E-state index in [0.29, 0.717) is 16.4 Å². The number of anilines is 1. The van der Waals surface area contributed by atoms with Crippen LogP contribution in [0.15, 0.2) is 21.4 Å². The normalized spacial score (nSPS) is 19.9. The molecule has 3 rings (SSSR count). The molecule has 102 valence electrons. The Bertz CT molecular complexity index is 552. The second-order valence-corrected chi connectivity index (χ2v) is 5.50. The van der Waals surface area contributed by atoms with Crippen LogP contribution < -0.4 is 10.6 Å². The minimum atomic E-state index is 0.538. The van der Waals surface area contributed by atoms with Gasteiger partial charge >= 0.3 is 0 Å². The number of nitrogens with two attached hydrogens (primary N) is 1. The molecule has 1 saturated heterocycles. The minimum absolute atomic E-state index is 0.538. The molecule has 0 aromatic carbocycles. The monoisotopic (exact) mass is 325 g/mol. The Balaban J connectivity index is 1.79. The topological polar surface area (TPSA) is 84.0 Å². The summed E-state index contributed by atoms with van der Waals surface area (Å²) in [6.45, 7) is 2.64. The van der Waals surface area contributed by atoms with Gasteiger partial charge < -0.3 is 15.1 Å². The molecule has 0 aliphatic carbocycles. The molecular formula is C12H16BrN5O. The van der Waals surface area contributed by atoms with E-state index in [4.69, 9.17) is 10.2 Å². The van der Waals surface area contributed by atoms with Crippen molar-refractivity contribution in [2.45, 2.75) is 12.8 Å². The average molecular weight is 326 g/mol. The van der Waals surface area contributed by atoms with Crippen LogP contribution in [-0.2, 0) is 0 Å². The zero-order valence-electron chi connectivity index (χ0n) is 10.5. The summed E-state index contributed by atoms with van der Waals surface area (Å²) in [5.41, 5.74) is 6.63. The highest BCUT2D eigenvalue weighted by Crippen LogP contribution is 2.28. The number of piperidine rings is 1. The number of nitrogens with zero attached hydrogens (tertiary/aromatic N) is 3. The second-order valence-electron chi connectivity index (χ2n) is 4.78. The van der Waals surface area contributed by atoms with E-state index in [0.717, 1.165) is 37.6 Å². The van der Waals surface area contributed by atoms with Gasteiger partial charge in [0.2, 0.25) is 5.95 Å². The Hall–Kier alpha value is -1.34. The number of rotatable bonds is 3. The second kappa shape index (κ2) is 5.34. The largest absolute Gasteiger partial charge is 0.457 e. The van der Waals surface area contributed by atoms with Gasteiger partial charge in [-0.15, -0.1) is 5.10 Å². The van der Waals surface area contributed by atoms with Gasteiger partial charge in [0.1, 0.15) is 0 Å². The van der Waals surface area contributed by atoms with Crippen molar-refractivity contribution in [2.24, 2.45) is 11.7 Å². The van der Waals surface area contributed by atoms with E-state index >= 15 is 0 Å². The van der Waals surface area contributed by atoms with E-state index < -0.39 is 0 Å². The molecular weight excluding hydrogens is 310 g/mol. The number of nitrogens with one attached hydrogen (secondary N) is 1. The smallest absolute Gasteiger partial charge is 0.245 e. The van der Waals surface area contributed by atoms with Crippen molar-refractivity contribution in [2.75, 3.05) is 24.5 Å². The van der Waals surface area contributed by atoms with Crippen LogP contribution in [0.1, 0.15) is 12.8 Å². The number of hydrogen-bond acceptors (Lipinski definition) is 5. The van der Waals surface area contributed by atoms with Gasteiger partial charge in [0.25, 0.3) is 0 Å². The van der Waals surface area contributed by atoms with Crippen LogP contribution >= 0.6 is 15.9 Å². The Morgan fingerprint density at radius 3 is 3.21 bits per heavy atom. The van der Waals surface area contributed by atoms with Gasteiger partial charge in [-0.05, 0) is 47.3 Å². The molecule has 2 aromatic heterocycles. The van der Waals surface area contributed by atoms with Gasteiger partial charge in [-0.3, -0.25) is 5.10 Å². The fraction of sp³-hybridized carbons (Fsp3) is 0.500. The molecule has 2 aromatic rings. The van der Waals surface area contributed by atoms with Crippen molar-refractivity contribution in [3.63, 3.8) is 0 Å². The van der Waals surface area contributed by atoms with E-state index in [1.807, 2.05) is 6.07 Å². The summed E-state index contributed by atoms with van der Waals surface area (Å²) < 4.78 is 5.87. The lowest BCUT2D eigenvalue weighted by molar-refractivity contribution is 0.420. The number of halogens is 1. The molecule has 1 fully saturated rings. The molecule has 0 bridgehead atoms. The third kappa shape index (κ3) is 2.52. The number of H-pyrrole nitrogens is 1. The van der Waals surface area contributed by atoms with Crippen LogP contribution in [0.5, 0.6) is 0 Å². The van der Waals surface area contributed by atoms with Gasteiger partial charge in [0.15, 0.2) is 10.5 Å². The summed E-state index contributed by atoms with van der Waals surface area (Å²) in [4.78, 5) is 6.72. The van der Waals surface area contributed by atoms with Crippen molar-refractivity contribution < 1.29 is 4.42 Å². The fourth-order valence-electron chi connectivity index (χ4n) is 2.42. The molecule has 7 heteroatoms. The van der Waals surface area contributed by atoms with Crippen LogP contribution in [0.2, 0.25) is 0 Å². The van der Waals surface area contributed by atoms with Crippen molar-refractivity contribution in [3.05, 3.63) is 17.0 Å². The summed E-state index contributed by atoms with van der Waals surface area (Å²) >= 11 is 3.34. The van der Waals surface area contributed by atoms with E-state index in [-0.39, 0.29) is 0 Å². The summed E-state index contributed by atoms with van der Waals surface area (Å²) in [6.07, 6.45) is 3.95. The van der Waals surface area contributed by atoms with Gasteiger partial charge in [-0.25, -0.2) is 0 Å².